The van der Waals surface area contributed by atoms with Gasteiger partial charge >= 0.3 is 8.25 Å². The smallest absolute Gasteiger partial charge is 0.302 e. The Morgan fingerprint density at radius 1 is 1.55 bits per heavy atom. The van der Waals surface area contributed by atoms with Crippen molar-refractivity contribution in [2.24, 2.45) is 11.7 Å². The highest BCUT2D eigenvalue weighted by Crippen LogP contribution is 2.22. The molecule has 3 N–H and O–H groups in total. The van der Waals surface area contributed by atoms with Gasteiger partial charge in [-0.05, 0) is 12.8 Å². The maximum Gasteiger partial charge on any atom is 0.696 e. The van der Waals surface area contributed by atoms with E-state index in [1.165, 1.54) is 0 Å². The van der Waals surface area contributed by atoms with Gasteiger partial charge in [0.2, 0.25) is 0 Å². The van der Waals surface area contributed by atoms with Gasteiger partial charge in [0.1, 0.15) is 0 Å². The minimum atomic E-state index is -2.56. The van der Waals surface area contributed by atoms with Crippen LogP contribution >= 0.6 is 8.25 Å². The minimum Gasteiger partial charge on any atom is -0.302 e. The van der Waals surface area contributed by atoms with Crippen LogP contribution in [-0.2, 0) is 9.09 Å². The van der Waals surface area contributed by atoms with Crippen LogP contribution < -0.4 is 5.73 Å². The third-order valence-electron chi connectivity index (χ3n) is 1.73. The summed E-state index contributed by atoms with van der Waals surface area (Å²) < 4.78 is 14.7. The zero-order valence-corrected chi connectivity index (χ0v) is 7.75. The van der Waals surface area contributed by atoms with Crippen LogP contribution in [0.3, 0.4) is 0 Å². The maximum atomic E-state index is 10.2. The Kier molecular flexibility index (Phi) is 5.60. The topological polar surface area (TPSA) is 72.5 Å². The predicted octanol–water partition coefficient (Wildman–Crippen LogP) is 1.37. The van der Waals surface area contributed by atoms with Crippen LogP contribution in [-0.4, -0.2) is 11.1 Å². The zero-order valence-electron chi connectivity index (χ0n) is 6.86. The Balaban J connectivity index is 3.78. The van der Waals surface area contributed by atoms with Gasteiger partial charge in [0.15, 0.2) is 6.23 Å². The van der Waals surface area contributed by atoms with E-state index in [-0.39, 0.29) is 5.92 Å². The molecule has 0 aliphatic heterocycles. The summed E-state index contributed by atoms with van der Waals surface area (Å²) in [6, 6.07) is 0. The van der Waals surface area contributed by atoms with Crippen molar-refractivity contribution in [3.8, 4) is 0 Å². The van der Waals surface area contributed by atoms with Crippen molar-refractivity contribution in [1.29, 1.82) is 0 Å². The predicted molar refractivity (Wildman–Crippen MR) is 43.0 cm³/mol. The SMILES string of the molecule is CCC(CC)C(N)O[P+](=O)O. The van der Waals surface area contributed by atoms with Gasteiger partial charge in [0.05, 0.1) is 0 Å². The molecule has 0 aliphatic rings. The molecular weight excluding hydrogens is 165 g/mol. The van der Waals surface area contributed by atoms with Crippen molar-refractivity contribution in [3.63, 3.8) is 0 Å². The third-order valence-corrected chi connectivity index (χ3v) is 2.15. The van der Waals surface area contributed by atoms with Crippen LogP contribution in [0.4, 0.5) is 0 Å². The van der Waals surface area contributed by atoms with Crippen molar-refractivity contribution in [2.45, 2.75) is 32.9 Å². The molecule has 0 spiro atoms. The monoisotopic (exact) mass is 180 g/mol. The first-order chi connectivity index (χ1) is 5.11. The van der Waals surface area contributed by atoms with Gasteiger partial charge in [-0.1, -0.05) is 13.8 Å². The lowest BCUT2D eigenvalue weighted by Gasteiger charge is -2.14. The molecule has 0 amide bonds. The largest absolute Gasteiger partial charge is 0.696 e. The molecule has 4 nitrogen and oxygen atoms in total. The van der Waals surface area contributed by atoms with Crippen LogP contribution in [0.2, 0.25) is 0 Å². The fourth-order valence-electron chi connectivity index (χ4n) is 0.943. The normalized spacial score (nSPS) is 15.2. The highest BCUT2D eigenvalue weighted by molar-refractivity contribution is 7.32. The van der Waals surface area contributed by atoms with E-state index in [0.29, 0.717) is 0 Å². The molecular formula is C6H15NO3P+. The van der Waals surface area contributed by atoms with Crippen molar-refractivity contribution >= 4 is 8.25 Å². The van der Waals surface area contributed by atoms with E-state index < -0.39 is 14.5 Å². The summed E-state index contributed by atoms with van der Waals surface area (Å²) in [5.41, 5.74) is 5.47. The lowest BCUT2D eigenvalue weighted by atomic mass is 10.0. The van der Waals surface area contributed by atoms with Crippen LogP contribution in [0.1, 0.15) is 26.7 Å². The lowest BCUT2D eigenvalue weighted by Crippen LogP contribution is -2.30. The van der Waals surface area contributed by atoms with E-state index >= 15 is 0 Å². The standard InChI is InChI=1S/C6H14NO3P/c1-3-5(4-2)6(7)10-11(8)9/h5-6H,3-4,7H2,1-2H3/p+1. The van der Waals surface area contributed by atoms with Gasteiger partial charge < -0.3 is 5.73 Å². The summed E-state index contributed by atoms with van der Waals surface area (Å²) in [5, 5.41) is 0. The van der Waals surface area contributed by atoms with Gasteiger partial charge in [0, 0.05) is 10.5 Å². The molecule has 66 valence electrons. The van der Waals surface area contributed by atoms with Crippen LogP contribution in [0.15, 0.2) is 0 Å². The summed E-state index contributed by atoms with van der Waals surface area (Å²) in [5.74, 6) is 0.168. The molecule has 5 heteroatoms. The summed E-state index contributed by atoms with van der Waals surface area (Å²) >= 11 is 0. The second kappa shape index (κ2) is 5.61. The highest BCUT2D eigenvalue weighted by Gasteiger charge is 2.25. The average molecular weight is 180 g/mol. The van der Waals surface area contributed by atoms with Crippen LogP contribution in [0, 0.1) is 5.92 Å². The number of nitrogens with two attached hydrogens (primary N) is 1. The first-order valence-electron chi connectivity index (χ1n) is 3.70. The minimum absolute atomic E-state index is 0.168. The zero-order chi connectivity index (χ0) is 8.85. The van der Waals surface area contributed by atoms with E-state index in [1.54, 1.807) is 0 Å². The Bertz CT molecular complexity index is 127. The summed E-state index contributed by atoms with van der Waals surface area (Å²) in [7, 11) is -2.56. The maximum absolute atomic E-state index is 10.2. The molecule has 0 aromatic heterocycles. The molecule has 2 atom stereocenters. The Morgan fingerprint density at radius 3 is 2.27 bits per heavy atom. The summed E-state index contributed by atoms with van der Waals surface area (Å²) in [4.78, 5) is 8.37. The van der Waals surface area contributed by atoms with Crippen LogP contribution in [0.5, 0.6) is 0 Å². The van der Waals surface area contributed by atoms with E-state index in [0.717, 1.165) is 12.8 Å². The molecule has 0 heterocycles. The lowest BCUT2D eigenvalue weighted by molar-refractivity contribution is 0.127. The molecule has 0 saturated heterocycles. The first kappa shape index (κ1) is 11.0. The van der Waals surface area contributed by atoms with Gasteiger partial charge in [-0.2, -0.15) is 0 Å². The highest BCUT2D eigenvalue weighted by atomic mass is 31.1. The molecule has 0 radical (unpaired) electrons. The molecule has 11 heavy (non-hydrogen) atoms. The Labute approximate surface area is 67.7 Å². The third kappa shape index (κ3) is 4.43. The summed E-state index contributed by atoms with van der Waals surface area (Å²) in [6.07, 6.45) is 1.11. The van der Waals surface area contributed by atoms with Crippen molar-refractivity contribution in [2.75, 3.05) is 0 Å². The van der Waals surface area contributed by atoms with E-state index in [2.05, 4.69) is 4.52 Å². The van der Waals surface area contributed by atoms with Crippen molar-refractivity contribution in [1.82, 2.24) is 0 Å². The molecule has 0 fully saturated rings. The molecule has 2 unspecified atom stereocenters. The van der Waals surface area contributed by atoms with Gasteiger partial charge in [-0.15, -0.1) is 9.42 Å². The second-order valence-electron chi connectivity index (χ2n) is 2.38. The number of hydrogen-bond acceptors (Lipinski definition) is 3. The molecule has 0 aromatic carbocycles. The summed E-state index contributed by atoms with van der Waals surface area (Å²) in [6.45, 7) is 3.95. The Hall–Kier alpha value is -0.0200. The van der Waals surface area contributed by atoms with Crippen LogP contribution in [0.25, 0.3) is 0 Å². The number of hydrogen-bond donors (Lipinski definition) is 2. The Morgan fingerprint density at radius 2 is 2.00 bits per heavy atom. The molecule has 0 aromatic rings. The van der Waals surface area contributed by atoms with Crippen molar-refractivity contribution < 1.29 is 14.0 Å². The van der Waals surface area contributed by atoms with E-state index in [4.69, 9.17) is 10.6 Å². The van der Waals surface area contributed by atoms with E-state index in [9.17, 15) is 4.57 Å². The molecule has 0 saturated carbocycles. The fourth-order valence-corrected chi connectivity index (χ4v) is 1.32. The number of rotatable bonds is 5. The van der Waals surface area contributed by atoms with Gasteiger partial charge in [-0.25, -0.2) is 0 Å². The molecule has 0 rings (SSSR count). The second-order valence-corrected chi connectivity index (χ2v) is 3.07. The quantitative estimate of drug-likeness (QED) is 0.495. The van der Waals surface area contributed by atoms with Gasteiger partial charge in [-0.3, -0.25) is 0 Å². The van der Waals surface area contributed by atoms with Gasteiger partial charge in [0.25, 0.3) is 0 Å². The average Bonchev–Trinajstić information content (AvgIpc) is 1.88. The van der Waals surface area contributed by atoms with E-state index in [1.807, 2.05) is 13.8 Å². The first-order valence-corrected chi connectivity index (χ1v) is 4.83. The fraction of sp³-hybridized carbons (Fsp3) is 1.00. The molecule has 0 bridgehead atoms. The molecule has 0 aliphatic carbocycles. The van der Waals surface area contributed by atoms with Crippen molar-refractivity contribution in [3.05, 3.63) is 0 Å².